The Morgan fingerprint density at radius 1 is 0.762 bits per heavy atom. The van der Waals surface area contributed by atoms with Crippen LogP contribution in [0.2, 0.25) is 0 Å². The third-order valence-corrected chi connectivity index (χ3v) is 3.15. The first-order valence-electron chi connectivity index (χ1n) is 5.86. The van der Waals surface area contributed by atoms with Gasteiger partial charge in [-0.05, 0) is 18.4 Å². The first-order valence-corrected chi connectivity index (χ1v) is 5.86. The molecule has 1 nitrogen and oxygen atoms in total. The van der Waals surface area contributed by atoms with Gasteiger partial charge in [0.25, 0.3) is 5.60 Å². The van der Waals surface area contributed by atoms with E-state index in [0.29, 0.717) is 5.39 Å². The Hall–Kier alpha value is -1.92. The maximum absolute atomic E-state index is 12.8. The van der Waals surface area contributed by atoms with Crippen LogP contribution in [-0.4, -0.2) is 18.0 Å². The maximum Gasteiger partial charge on any atom is 0.437 e. The van der Waals surface area contributed by atoms with Gasteiger partial charge in [-0.2, -0.15) is 26.3 Å². The van der Waals surface area contributed by atoms with Crippen LogP contribution < -0.4 is 4.74 Å². The lowest BCUT2D eigenvalue weighted by Crippen LogP contribution is -2.58. The van der Waals surface area contributed by atoms with Crippen molar-refractivity contribution in [2.24, 2.45) is 0 Å². The minimum Gasteiger partial charge on any atom is -0.468 e. The molecule has 0 saturated carbocycles. The molecular weight excluding hydrogens is 298 g/mol. The topological polar surface area (TPSA) is 9.23 Å². The van der Waals surface area contributed by atoms with Crippen LogP contribution >= 0.6 is 0 Å². The smallest absolute Gasteiger partial charge is 0.437 e. The van der Waals surface area contributed by atoms with Gasteiger partial charge >= 0.3 is 12.4 Å². The van der Waals surface area contributed by atoms with Gasteiger partial charge < -0.3 is 4.74 Å². The zero-order chi connectivity index (χ0) is 15.9. The van der Waals surface area contributed by atoms with E-state index in [2.05, 4.69) is 4.74 Å². The van der Waals surface area contributed by atoms with Crippen LogP contribution in [0.4, 0.5) is 26.3 Å². The van der Waals surface area contributed by atoms with E-state index in [1.807, 2.05) is 0 Å². The number of fused-ring (bicyclic) bond motifs is 1. The number of hydrogen-bond acceptors (Lipinski definition) is 1. The summed E-state index contributed by atoms with van der Waals surface area (Å²) in [5, 5.41) is 0.668. The summed E-state index contributed by atoms with van der Waals surface area (Å²) >= 11 is 0. The van der Waals surface area contributed by atoms with Crippen molar-refractivity contribution in [1.29, 1.82) is 0 Å². The molecule has 0 bridgehead atoms. The molecule has 0 fully saturated rings. The van der Waals surface area contributed by atoms with Crippen LogP contribution in [0.25, 0.3) is 10.8 Å². The predicted molar refractivity (Wildman–Crippen MR) is 65.1 cm³/mol. The van der Waals surface area contributed by atoms with Gasteiger partial charge in [0, 0.05) is 5.39 Å². The first-order chi connectivity index (χ1) is 9.56. The van der Waals surface area contributed by atoms with Crippen molar-refractivity contribution in [3.05, 3.63) is 42.5 Å². The van der Waals surface area contributed by atoms with Crippen molar-refractivity contribution >= 4 is 10.8 Å². The Bertz CT molecular complexity index is 624. The minimum absolute atomic E-state index is 0.0191. The molecule has 7 heteroatoms. The van der Waals surface area contributed by atoms with Gasteiger partial charge in [-0.1, -0.05) is 36.4 Å². The molecule has 2 rings (SSSR count). The summed E-state index contributed by atoms with van der Waals surface area (Å²) in [6.45, 7) is -0.0191. The Labute approximate surface area is 116 Å². The fraction of sp³-hybridized carbons (Fsp3) is 0.286. The van der Waals surface area contributed by atoms with E-state index >= 15 is 0 Å². The standard InChI is InChI=1S/C14H10F6O/c1-12(13(15,16)17,14(18,19)20)21-11-8-4-6-9-5-2-3-7-10(9)11/h2-8H,1H3. The molecule has 2 aromatic carbocycles. The summed E-state index contributed by atoms with van der Waals surface area (Å²) in [6.07, 6.45) is -11.2. The van der Waals surface area contributed by atoms with Gasteiger partial charge in [-0.15, -0.1) is 0 Å². The van der Waals surface area contributed by atoms with Gasteiger partial charge in [0.1, 0.15) is 5.75 Å². The average molecular weight is 308 g/mol. The van der Waals surface area contributed by atoms with Crippen molar-refractivity contribution in [1.82, 2.24) is 0 Å². The lowest BCUT2D eigenvalue weighted by Gasteiger charge is -2.34. The zero-order valence-electron chi connectivity index (χ0n) is 10.7. The van der Waals surface area contributed by atoms with Crippen molar-refractivity contribution < 1.29 is 31.1 Å². The summed E-state index contributed by atoms with van der Waals surface area (Å²) < 4.78 is 81.4. The second kappa shape index (κ2) is 4.82. The highest BCUT2D eigenvalue weighted by Gasteiger charge is 2.70. The second-order valence-corrected chi connectivity index (χ2v) is 4.61. The molecule has 114 valence electrons. The molecule has 0 spiro atoms. The zero-order valence-corrected chi connectivity index (χ0v) is 10.7. The number of halogens is 6. The van der Waals surface area contributed by atoms with E-state index in [1.54, 1.807) is 18.2 Å². The van der Waals surface area contributed by atoms with Gasteiger partial charge in [0.15, 0.2) is 0 Å². The van der Waals surface area contributed by atoms with Crippen LogP contribution in [0.15, 0.2) is 42.5 Å². The number of ether oxygens (including phenoxy) is 1. The highest BCUT2D eigenvalue weighted by atomic mass is 19.4. The van der Waals surface area contributed by atoms with Crippen LogP contribution in [0.3, 0.4) is 0 Å². The third kappa shape index (κ3) is 2.64. The van der Waals surface area contributed by atoms with E-state index in [-0.39, 0.29) is 12.3 Å². The lowest BCUT2D eigenvalue weighted by atomic mass is 10.0. The van der Waals surface area contributed by atoms with Crippen LogP contribution in [-0.2, 0) is 0 Å². The largest absolute Gasteiger partial charge is 0.468 e. The fourth-order valence-electron chi connectivity index (χ4n) is 1.78. The average Bonchev–Trinajstić information content (AvgIpc) is 2.36. The molecule has 2 aromatic rings. The predicted octanol–water partition coefficient (Wildman–Crippen LogP) is 5.10. The molecule has 21 heavy (non-hydrogen) atoms. The van der Waals surface area contributed by atoms with Gasteiger partial charge in [-0.25, -0.2) is 0 Å². The van der Waals surface area contributed by atoms with Crippen molar-refractivity contribution in [2.45, 2.75) is 24.9 Å². The molecule has 0 N–H and O–H groups in total. The van der Waals surface area contributed by atoms with Crippen molar-refractivity contribution in [2.75, 3.05) is 0 Å². The van der Waals surface area contributed by atoms with Crippen molar-refractivity contribution in [3.8, 4) is 5.75 Å². The highest BCUT2D eigenvalue weighted by Crippen LogP contribution is 2.46. The molecule has 0 unspecified atom stereocenters. The van der Waals surface area contributed by atoms with Crippen LogP contribution in [0.5, 0.6) is 5.75 Å². The molecule has 0 aromatic heterocycles. The molecule has 0 aliphatic carbocycles. The molecule has 0 radical (unpaired) electrons. The Morgan fingerprint density at radius 2 is 1.29 bits per heavy atom. The van der Waals surface area contributed by atoms with E-state index in [4.69, 9.17) is 0 Å². The van der Waals surface area contributed by atoms with E-state index in [1.165, 1.54) is 18.2 Å². The van der Waals surface area contributed by atoms with Gasteiger partial charge in [-0.3, -0.25) is 0 Å². The second-order valence-electron chi connectivity index (χ2n) is 4.61. The summed E-state index contributed by atoms with van der Waals surface area (Å²) in [5.41, 5.74) is -4.27. The normalized spacial score (nSPS) is 13.5. The lowest BCUT2D eigenvalue weighted by molar-refractivity contribution is -0.350. The highest BCUT2D eigenvalue weighted by molar-refractivity contribution is 5.88. The summed E-state index contributed by atoms with van der Waals surface area (Å²) in [4.78, 5) is 0. The molecular formula is C14H10F6O. The Kier molecular flexibility index (Phi) is 3.55. The summed E-state index contributed by atoms with van der Waals surface area (Å²) in [6, 6.07) is 10.1. The van der Waals surface area contributed by atoms with Gasteiger partial charge in [0.05, 0.1) is 0 Å². The fourth-order valence-corrected chi connectivity index (χ4v) is 1.78. The quantitative estimate of drug-likeness (QED) is 0.701. The molecule has 0 heterocycles. The molecule has 0 saturated heterocycles. The SMILES string of the molecule is CC(Oc1cccc2ccccc12)(C(F)(F)F)C(F)(F)F. The minimum atomic E-state index is -5.60. The monoisotopic (exact) mass is 308 g/mol. The van der Waals surface area contributed by atoms with Gasteiger partial charge in [0.2, 0.25) is 0 Å². The molecule has 0 amide bonds. The number of rotatable bonds is 2. The van der Waals surface area contributed by atoms with Crippen LogP contribution in [0, 0.1) is 0 Å². The number of hydrogen-bond donors (Lipinski definition) is 0. The first kappa shape index (κ1) is 15.5. The third-order valence-electron chi connectivity index (χ3n) is 3.15. The molecule has 0 atom stereocenters. The van der Waals surface area contributed by atoms with E-state index in [0.717, 1.165) is 6.07 Å². The molecule has 0 aliphatic heterocycles. The summed E-state index contributed by atoms with van der Waals surface area (Å²) in [7, 11) is 0. The molecule has 0 aliphatic rings. The van der Waals surface area contributed by atoms with Crippen molar-refractivity contribution in [3.63, 3.8) is 0 Å². The van der Waals surface area contributed by atoms with E-state index < -0.39 is 23.7 Å². The Morgan fingerprint density at radius 3 is 1.86 bits per heavy atom. The number of benzene rings is 2. The van der Waals surface area contributed by atoms with Crippen LogP contribution in [0.1, 0.15) is 6.92 Å². The van der Waals surface area contributed by atoms with E-state index in [9.17, 15) is 26.3 Å². The summed E-state index contributed by atoms with van der Waals surface area (Å²) in [5.74, 6) is -0.467. The number of alkyl halides is 6. The Balaban J connectivity index is 2.55. The maximum atomic E-state index is 12.8.